The molecule has 1 spiro atoms. The van der Waals surface area contributed by atoms with Crippen LogP contribution >= 0.6 is 0 Å². The van der Waals surface area contributed by atoms with E-state index in [0.29, 0.717) is 0 Å². The lowest BCUT2D eigenvalue weighted by atomic mass is 9.85. The highest BCUT2D eigenvalue weighted by Crippen LogP contribution is 2.56. The van der Waals surface area contributed by atoms with Crippen LogP contribution < -0.4 is 10.6 Å². The van der Waals surface area contributed by atoms with E-state index in [0.717, 1.165) is 41.5 Å². The number of alkyl carbamates (subject to hydrolysis) is 1. The number of amides is 2. The van der Waals surface area contributed by atoms with Gasteiger partial charge in [-0.3, -0.25) is 9.59 Å². The van der Waals surface area contributed by atoms with Crippen molar-refractivity contribution in [3.63, 3.8) is 0 Å². The molecule has 7 nitrogen and oxygen atoms in total. The molecule has 5 rings (SSSR count). The van der Waals surface area contributed by atoms with Crippen LogP contribution in [0.15, 0.2) is 48.5 Å². The maximum absolute atomic E-state index is 13.0. The number of benzene rings is 2. The molecule has 184 valence electrons. The van der Waals surface area contributed by atoms with Gasteiger partial charge in [0.05, 0.1) is 0 Å². The molecule has 2 atom stereocenters. The Bertz CT molecular complexity index is 1080. The number of carbonyl (C=O) groups excluding carboxylic acids is 2. The highest BCUT2D eigenvalue weighted by molar-refractivity contribution is 5.87. The zero-order valence-electron chi connectivity index (χ0n) is 19.8. The normalized spacial score (nSPS) is 20.4. The largest absolute Gasteiger partial charge is 0.481 e. The third kappa shape index (κ3) is 4.90. The van der Waals surface area contributed by atoms with Crippen molar-refractivity contribution in [2.75, 3.05) is 6.61 Å². The third-order valence-corrected chi connectivity index (χ3v) is 7.95. The van der Waals surface area contributed by atoms with Crippen molar-refractivity contribution in [1.29, 1.82) is 0 Å². The summed E-state index contributed by atoms with van der Waals surface area (Å²) in [6.07, 6.45) is 5.93. The van der Waals surface area contributed by atoms with Crippen LogP contribution in [0.5, 0.6) is 0 Å². The summed E-state index contributed by atoms with van der Waals surface area (Å²) in [6.45, 7) is 0.138. The molecule has 3 aliphatic rings. The van der Waals surface area contributed by atoms with Crippen LogP contribution in [0, 0.1) is 5.41 Å². The van der Waals surface area contributed by atoms with E-state index >= 15 is 0 Å². The maximum atomic E-state index is 13.0. The first-order valence-corrected chi connectivity index (χ1v) is 12.6. The second-order valence-corrected chi connectivity index (χ2v) is 10.1. The molecule has 2 saturated carbocycles. The number of carboxylic acids is 1. The van der Waals surface area contributed by atoms with Gasteiger partial charge in [-0.2, -0.15) is 0 Å². The molecule has 35 heavy (non-hydrogen) atoms. The molecular weight excluding hydrogens is 444 g/mol. The van der Waals surface area contributed by atoms with E-state index in [-0.39, 0.29) is 42.7 Å². The van der Waals surface area contributed by atoms with Crippen LogP contribution in [0.3, 0.4) is 0 Å². The number of aliphatic carboxylic acids is 1. The van der Waals surface area contributed by atoms with Crippen molar-refractivity contribution in [2.24, 2.45) is 5.41 Å². The quantitative estimate of drug-likeness (QED) is 0.517. The molecule has 0 bridgehead atoms. The van der Waals surface area contributed by atoms with E-state index in [1.54, 1.807) is 0 Å². The lowest BCUT2D eigenvalue weighted by Gasteiger charge is -2.24. The third-order valence-electron chi connectivity index (χ3n) is 7.95. The van der Waals surface area contributed by atoms with E-state index in [9.17, 15) is 14.4 Å². The maximum Gasteiger partial charge on any atom is 0.407 e. The fourth-order valence-electron chi connectivity index (χ4n) is 5.95. The minimum atomic E-state index is -1.01. The zero-order chi connectivity index (χ0) is 24.4. The molecule has 3 N–H and O–H groups in total. The van der Waals surface area contributed by atoms with Crippen LogP contribution in [-0.2, 0) is 14.3 Å². The van der Waals surface area contributed by atoms with Gasteiger partial charge >= 0.3 is 12.1 Å². The highest BCUT2D eigenvalue weighted by atomic mass is 16.5. The number of ether oxygens (including phenoxy) is 1. The van der Waals surface area contributed by atoms with Crippen molar-refractivity contribution >= 4 is 18.0 Å². The van der Waals surface area contributed by atoms with Crippen LogP contribution in [0.4, 0.5) is 4.79 Å². The minimum absolute atomic E-state index is 0.0189. The van der Waals surface area contributed by atoms with Crippen molar-refractivity contribution in [2.45, 2.75) is 69.4 Å². The van der Waals surface area contributed by atoms with E-state index in [1.165, 1.54) is 19.3 Å². The van der Waals surface area contributed by atoms with Crippen molar-refractivity contribution in [1.82, 2.24) is 10.6 Å². The smallest absolute Gasteiger partial charge is 0.407 e. The first kappa shape index (κ1) is 23.4. The predicted octanol–water partition coefficient (Wildman–Crippen LogP) is 4.60. The topological polar surface area (TPSA) is 105 Å². The Balaban J connectivity index is 1.21. The van der Waals surface area contributed by atoms with Crippen molar-refractivity contribution in [3.05, 3.63) is 59.7 Å². The molecular formula is C28H32N2O5. The monoisotopic (exact) mass is 476 g/mol. The van der Waals surface area contributed by atoms with Gasteiger partial charge in [0.25, 0.3) is 0 Å². The summed E-state index contributed by atoms with van der Waals surface area (Å²) in [4.78, 5) is 36.8. The molecule has 2 aromatic rings. The highest BCUT2D eigenvalue weighted by Gasteiger charge is 2.54. The predicted molar refractivity (Wildman–Crippen MR) is 131 cm³/mol. The summed E-state index contributed by atoms with van der Waals surface area (Å²) in [5, 5.41) is 14.8. The number of hydrogen-bond acceptors (Lipinski definition) is 4. The van der Waals surface area contributed by atoms with E-state index in [4.69, 9.17) is 9.84 Å². The lowest BCUT2D eigenvalue weighted by molar-refractivity contribution is -0.137. The Kier molecular flexibility index (Phi) is 6.50. The summed E-state index contributed by atoms with van der Waals surface area (Å²) < 4.78 is 5.58. The molecule has 2 unspecified atom stereocenters. The second kappa shape index (κ2) is 9.72. The van der Waals surface area contributed by atoms with Crippen LogP contribution in [0.1, 0.15) is 68.4 Å². The van der Waals surface area contributed by atoms with Crippen molar-refractivity contribution < 1.29 is 24.2 Å². The molecule has 2 aromatic carbocycles. The average molecular weight is 477 g/mol. The second-order valence-electron chi connectivity index (χ2n) is 10.1. The Morgan fingerprint density at radius 3 is 2.23 bits per heavy atom. The van der Waals surface area contributed by atoms with Crippen LogP contribution in [0.25, 0.3) is 11.1 Å². The number of fused-ring (bicyclic) bond motifs is 3. The SMILES string of the molecule is O=C(O)CCC(NC(=O)OCC1c2ccccc2-c2ccccc21)C(=O)NC1CC12CCCCC2. The Hall–Kier alpha value is -3.35. The Morgan fingerprint density at radius 1 is 0.971 bits per heavy atom. The number of carboxylic acid groups (broad SMARTS) is 1. The molecule has 2 fully saturated rings. The van der Waals surface area contributed by atoms with Gasteiger partial charge < -0.3 is 20.5 Å². The lowest BCUT2D eigenvalue weighted by Crippen LogP contribution is -2.48. The van der Waals surface area contributed by atoms with E-state index in [1.807, 2.05) is 36.4 Å². The number of rotatable bonds is 8. The number of nitrogens with one attached hydrogen (secondary N) is 2. The van der Waals surface area contributed by atoms with Crippen LogP contribution in [0.2, 0.25) is 0 Å². The summed E-state index contributed by atoms with van der Waals surface area (Å²) in [5.74, 6) is -1.42. The molecule has 3 aliphatic carbocycles. The fourth-order valence-corrected chi connectivity index (χ4v) is 5.95. The summed E-state index contributed by atoms with van der Waals surface area (Å²) in [6, 6.07) is 15.3. The van der Waals surface area contributed by atoms with Crippen molar-refractivity contribution in [3.8, 4) is 11.1 Å². The number of carbonyl (C=O) groups is 3. The molecule has 2 amide bonds. The van der Waals surface area contributed by atoms with Crippen LogP contribution in [-0.4, -0.2) is 41.8 Å². The molecule has 7 heteroatoms. The fraction of sp³-hybridized carbons (Fsp3) is 0.464. The zero-order valence-corrected chi connectivity index (χ0v) is 19.8. The first-order chi connectivity index (χ1) is 17.0. The van der Waals surface area contributed by atoms with E-state index < -0.39 is 18.1 Å². The standard InChI is InChI=1S/C28H32N2O5/c31-25(32)13-12-23(26(33)30-24-16-28(24)14-6-1-7-15-28)29-27(34)35-17-22-20-10-4-2-8-18(20)19-9-3-5-11-21(19)22/h2-5,8-11,22-24H,1,6-7,12-17H2,(H,29,34)(H,30,33)(H,31,32). The summed E-state index contributed by atoms with van der Waals surface area (Å²) >= 11 is 0. The number of hydrogen-bond donors (Lipinski definition) is 3. The first-order valence-electron chi connectivity index (χ1n) is 12.6. The van der Waals surface area contributed by atoms with Gasteiger partial charge in [0, 0.05) is 18.4 Å². The Morgan fingerprint density at radius 2 is 1.60 bits per heavy atom. The summed E-state index contributed by atoms with van der Waals surface area (Å²) in [7, 11) is 0. The van der Waals surface area contributed by atoms with E-state index in [2.05, 4.69) is 22.8 Å². The Labute approximate surface area is 205 Å². The van der Waals surface area contributed by atoms with Gasteiger partial charge in [-0.25, -0.2) is 4.79 Å². The molecule has 0 saturated heterocycles. The average Bonchev–Trinajstić information content (AvgIpc) is 3.39. The molecule has 0 aliphatic heterocycles. The van der Waals surface area contributed by atoms with Gasteiger partial charge in [0.15, 0.2) is 0 Å². The minimum Gasteiger partial charge on any atom is -0.481 e. The molecule has 0 heterocycles. The summed E-state index contributed by atoms with van der Waals surface area (Å²) in [5.41, 5.74) is 4.69. The molecule has 0 aromatic heterocycles. The molecule has 0 radical (unpaired) electrons. The van der Waals surface area contributed by atoms with Gasteiger partial charge in [0.2, 0.25) is 5.91 Å². The van der Waals surface area contributed by atoms with Gasteiger partial charge in [-0.05, 0) is 53.4 Å². The van der Waals surface area contributed by atoms with Gasteiger partial charge in [-0.1, -0.05) is 67.8 Å². The van der Waals surface area contributed by atoms with Gasteiger partial charge in [0.1, 0.15) is 12.6 Å². The van der Waals surface area contributed by atoms with Gasteiger partial charge in [-0.15, -0.1) is 0 Å².